The summed E-state index contributed by atoms with van der Waals surface area (Å²) in [7, 11) is 2.17. The molecule has 204 valence electrons. The molecular weight excluding hydrogens is 498 g/mol. The molecule has 0 amide bonds. The van der Waals surface area contributed by atoms with Gasteiger partial charge in [0.1, 0.15) is 11.2 Å². The van der Waals surface area contributed by atoms with Gasteiger partial charge in [-0.15, -0.1) is 0 Å². The van der Waals surface area contributed by atoms with Crippen LogP contribution < -0.4 is 10.2 Å². The van der Waals surface area contributed by atoms with Crippen LogP contribution in [0.4, 0.5) is 11.4 Å². The van der Waals surface area contributed by atoms with Crippen molar-refractivity contribution in [3.8, 4) is 22.6 Å². The molecule has 9 nitrogen and oxygen atoms in total. The maximum Gasteiger partial charge on any atom is 0.135 e. The number of nitrogens with zero attached hydrogens (tertiary/aromatic N) is 6. The molecule has 3 N–H and O–H groups in total. The Labute approximate surface area is 233 Å². The topological polar surface area (TPSA) is 102 Å². The maximum atomic E-state index is 5.05. The predicted molar refractivity (Wildman–Crippen MR) is 161 cm³/mol. The molecule has 1 saturated carbocycles. The lowest BCUT2D eigenvalue weighted by Gasteiger charge is -2.34. The smallest absolute Gasteiger partial charge is 0.135 e. The third kappa shape index (κ3) is 4.70. The molecule has 5 aromatic heterocycles. The molecule has 0 spiro atoms. The van der Waals surface area contributed by atoms with Crippen LogP contribution in [0.5, 0.6) is 0 Å². The van der Waals surface area contributed by atoms with E-state index in [9.17, 15) is 0 Å². The number of H-pyrrole nitrogens is 2. The zero-order valence-corrected chi connectivity index (χ0v) is 23.0. The molecule has 0 atom stereocenters. The highest BCUT2D eigenvalue weighted by Gasteiger charge is 2.20. The van der Waals surface area contributed by atoms with E-state index in [2.05, 4.69) is 66.0 Å². The zero-order chi connectivity index (χ0) is 27.1. The van der Waals surface area contributed by atoms with E-state index in [1.807, 2.05) is 36.9 Å². The Kier molecular flexibility index (Phi) is 6.43. The Bertz CT molecular complexity index is 1670. The van der Waals surface area contributed by atoms with Crippen molar-refractivity contribution in [1.82, 2.24) is 35.0 Å². The Morgan fingerprint density at radius 1 is 0.950 bits per heavy atom. The average Bonchev–Trinajstić information content (AvgIpc) is 3.62. The average molecular weight is 534 g/mol. The van der Waals surface area contributed by atoms with Gasteiger partial charge in [0.05, 0.1) is 52.4 Å². The van der Waals surface area contributed by atoms with E-state index in [0.29, 0.717) is 5.92 Å². The van der Waals surface area contributed by atoms with Gasteiger partial charge in [-0.1, -0.05) is 25.8 Å². The van der Waals surface area contributed by atoms with E-state index in [-0.39, 0.29) is 0 Å². The summed E-state index contributed by atoms with van der Waals surface area (Å²) in [6.45, 7) is 8.41. The first-order chi connectivity index (χ1) is 19.6. The van der Waals surface area contributed by atoms with Crippen LogP contribution in [0.25, 0.3) is 44.6 Å². The number of hydrogen-bond donors (Lipinski definition) is 3. The Hall–Kier alpha value is -4.24. The summed E-state index contributed by atoms with van der Waals surface area (Å²) in [5.74, 6) is 0.531. The molecule has 0 unspecified atom stereocenters. The highest BCUT2D eigenvalue weighted by Crippen LogP contribution is 2.34. The van der Waals surface area contributed by atoms with Crippen molar-refractivity contribution in [1.29, 1.82) is 0 Å². The third-order valence-electron chi connectivity index (χ3n) is 8.47. The summed E-state index contributed by atoms with van der Waals surface area (Å²) < 4.78 is 0. The molecule has 1 aliphatic heterocycles. The van der Waals surface area contributed by atoms with Crippen molar-refractivity contribution in [3.05, 3.63) is 61.3 Å². The Morgan fingerprint density at radius 2 is 1.77 bits per heavy atom. The first-order valence-electron chi connectivity index (χ1n) is 14.3. The molecule has 5 aromatic rings. The van der Waals surface area contributed by atoms with Crippen molar-refractivity contribution < 1.29 is 0 Å². The number of aromatic amines is 2. The van der Waals surface area contributed by atoms with E-state index in [4.69, 9.17) is 4.98 Å². The van der Waals surface area contributed by atoms with Crippen LogP contribution in [0.1, 0.15) is 32.1 Å². The lowest BCUT2D eigenvalue weighted by molar-refractivity contribution is 0.313. The minimum Gasteiger partial charge on any atom is -0.367 e. The zero-order valence-electron chi connectivity index (χ0n) is 23.0. The normalized spacial score (nSPS) is 17.1. The second-order valence-electron chi connectivity index (χ2n) is 11.2. The minimum atomic E-state index is 0.531. The van der Waals surface area contributed by atoms with E-state index >= 15 is 0 Å². The molecule has 1 aliphatic carbocycles. The van der Waals surface area contributed by atoms with Crippen molar-refractivity contribution in [2.24, 2.45) is 5.92 Å². The van der Waals surface area contributed by atoms with E-state index in [1.54, 1.807) is 0 Å². The molecule has 40 heavy (non-hydrogen) atoms. The van der Waals surface area contributed by atoms with Crippen molar-refractivity contribution in [3.63, 3.8) is 0 Å². The lowest BCUT2D eigenvalue weighted by atomic mass is 9.87. The number of piperazine rings is 1. The molecule has 2 fully saturated rings. The Balaban J connectivity index is 1.19. The van der Waals surface area contributed by atoms with Crippen LogP contribution in [-0.2, 0) is 0 Å². The number of nitrogens with one attached hydrogen (secondary N) is 3. The molecule has 9 heteroatoms. The summed E-state index contributed by atoms with van der Waals surface area (Å²) >= 11 is 0. The fourth-order valence-corrected chi connectivity index (χ4v) is 6.10. The quantitative estimate of drug-likeness (QED) is 0.253. The fraction of sp³-hybridized carbons (Fsp3) is 0.355. The van der Waals surface area contributed by atoms with E-state index in [1.165, 1.54) is 32.1 Å². The van der Waals surface area contributed by atoms with Gasteiger partial charge in [-0.25, -0.2) is 4.98 Å². The number of anilines is 2. The van der Waals surface area contributed by atoms with Crippen LogP contribution in [0, 0.1) is 5.92 Å². The van der Waals surface area contributed by atoms with Crippen LogP contribution >= 0.6 is 0 Å². The summed E-state index contributed by atoms with van der Waals surface area (Å²) in [4.78, 5) is 22.4. The molecule has 6 heterocycles. The maximum absolute atomic E-state index is 5.05. The first-order valence-corrected chi connectivity index (χ1v) is 14.3. The fourth-order valence-electron chi connectivity index (χ4n) is 6.10. The van der Waals surface area contributed by atoms with Crippen LogP contribution in [0.15, 0.2) is 61.3 Å². The first kappa shape index (κ1) is 24.8. The van der Waals surface area contributed by atoms with Gasteiger partial charge in [-0.05, 0) is 50.1 Å². The Morgan fingerprint density at radius 3 is 2.62 bits per heavy atom. The minimum absolute atomic E-state index is 0.531. The van der Waals surface area contributed by atoms with Gasteiger partial charge in [0.25, 0.3) is 0 Å². The van der Waals surface area contributed by atoms with Gasteiger partial charge >= 0.3 is 0 Å². The number of hydrogen-bond acceptors (Lipinski definition) is 7. The number of allylic oxidation sites excluding steroid dienone is 1. The van der Waals surface area contributed by atoms with Crippen molar-refractivity contribution >= 4 is 33.3 Å². The van der Waals surface area contributed by atoms with Crippen LogP contribution in [0.2, 0.25) is 0 Å². The SMILES string of the molecule is C=C(Nc1cncc(-c2ccc3[nH]nc(-c4cc5c(N6CCN(C)CC6)cncc5[nH]4)c3n2)c1)C1CCCCC1. The molecule has 0 radical (unpaired) electrons. The summed E-state index contributed by atoms with van der Waals surface area (Å²) in [5.41, 5.74) is 9.43. The standard InChI is InChI=1S/C31H35N9/c1-20(21-6-4-3-5-7-21)34-23-14-22(16-32-17-23)25-8-9-26-30(36-25)31(38-37-26)27-15-24-28(35-27)18-33-19-29(24)40-12-10-39(2)11-13-40/h8-9,14-19,21,34-35H,1,3-7,10-13H2,2H3,(H,37,38). The van der Waals surface area contributed by atoms with Gasteiger partial charge < -0.3 is 20.1 Å². The second-order valence-corrected chi connectivity index (χ2v) is 11.2. The van der Waals surface area contributed by atoms with E-state index in [0.717, 1.165) is 87.8 Å². The van der Waals surface area contributed by atoms with Crippen LogP contribution in [0.3, 0.4) is 0 Å². The highest BCUT2D eigenvalue weighted by molar-refractivity contribution is 5.98. The number of likely N-dealkylation sites (N-methyl/N-ethyl adjacent to an activating group) is 1. The summed E-state index contributed by atoms with van der Waals surface area (Å²) in [6.07, 6.45) is 13.9. The molecule has 1 saturated heterocycles. The number of fused-ring (bicyclic) bond motifs is 2. The predicted octanol–water partition coefficient (Wildman–Crippen LogP) is 5.82. The largest absolute Gasteiger partial charge is 0.367 e. The molecule has 0 aromatic carbocycles. The van der Waals surface area contributed by atoms with E-state index < -0.39 is 0 Å². The highest BCUT2D eigenvalue weighted by atomic mass is 15.3. The number of aromatic nitrogens is 6. The lowest BCUT2D eigenvalue weighted by Crippen LogP contribution is -2.44. The van der Waals surface area contributed by atoms with Gasteiger partial charge in [0, 0.05) is 49.0 Å². The number of pyridine rings is 3. The van der Waals surface area contributed by atoms with Crippen molar-refractivity contribution in [2.45, 2.75) is 32.1 Å². The molecule has 2 aliphatic rings. The van der Waals surface area contributed by atoms with Gasteiger partial charge in [-0.3, -0.25) is 15.1 Å². The number of rotatable bonds is 6. The molecule has 0 bridgehead atoms. The molecule has 7 rings (SSSR count). The summed E-state index contributed by atoms with van der Waals surface area (Å²) in [5, 5.41) is 12.5. The summed E-state index contributed by atoms with van der Waals surface area (Å²) in [6, 6.07) is 8.33. The van der Waals surface area contributed by atoms with Gasteiger partial charge in [0.2, 0.25) is 0 Å². The molecular formula is C31H35N9. The second kappa shape index (κ2) is 10.4. The van der Waals surface area contributed by atoms with Crippen molar-refractivity contribution in [2.75, 3.05) is 43.4 Å². The van der Waals surface area contributed by atoms with Crippen LogP contribution in [-0.4, -0.2) is 68.3 Å². The van der Waals surface area contributed by atoms with Gasteiger partial charge in [0.15, 0.2) is 0 Å². The monoisotopic (exact) mass is 533 g/mol. The van der Waals surface area contributed by atoms with Gasteiger partial charge in [-0.2, -0.15) is 5.10 Å². The third-order valence-corrected chi connectivity index (χ3v) is 8.47.